The van der Waals surface area contributed by atoms with Gasteiger partial charge in [-0.25, -0.2) is 4.68 Å². The Morgan fingerprint density at radius 3 is 2.85 bits per heavy atom. The predicted octanol–water partition coefficient (Wildman–Crippen LogP) is 1.32. The number of ether oxygens (including phenoxy) is 2. The lowest BCUT2D eigenvalue weighted by atomic mass is 10.2. The van der Waals surface area contributed by atoms with Crippen molar-refractivity contribution < 1.29 is 14.3 Å². The first kappa shape index (κ1) is 14.4. The smallest absolute Gasteiger partial charge is 0.208 e. The molecule has 0 radical (unpaired) electrons. The molecule has 0 aliphatic heterocycles. The molecule has 1 heterocycles. The summed E-state index contributed by atoms with van der Waals surface area (Å²) >= 11 is 0. The minimum Gasteiger partial charge on any atom is -0.376 e. The van der Waals surface area contributed by atoms with Crippen molar-refractivity contribution in [3.8, 4) is 0 Å². The molecule has 6 heteroatoms. The maximum atomic E-state index is 11.7. The maximum absolute atomic E-state index is 11.7. The molecule has 0 aliphatic carbocycles. The van der Waals surface area contributed by atoms with Crippen LogP contribution in [0.1, 0.15) is 16.1 Å². The number of hydrogen-bond donors (Lipinski definition) is 0. The number of carbonyl (C=O) groups excluding carboxylic acids is 1. The van der Waals surface area contributed by atoms with Gasteiger partial charge in [0.2, 0.25) is 5.78 Å². The van der Waals surface area contributed by atoms with Gasteiger partial charge in [0, 0.05) is 7.11 Å². The largest absolute Gasteiger partial charge is 0.376 e. The highest BCUT2D eigenvalue weighted by atomic mass is 16.5. The Bertz CT molecular complexity index is 540. The zero-order valence-electron chi connectivity index (χ0n) is 11.4. The summed E-state index contributed by atoms with van der Waals surface area (Å²) < 4.78 is 11.9. The molecule has 0 fully saturated rings. The van der Waals surface area contributed by atoms with Crippen molar-refractivity contribution in [2.24, 2.45) is 0 Å². The summed E-state index contributed by atoms with van der Waals surface area (Å²) in [6.07, 6.45) is 1.44. The second kappa shape index (κ2) is 7.52. The monoisotopic (exact) mass is 275 g/mol. The highest BCUT2D eigenvalue weighted by Gasteiger charge is 2.12. The summed E-state index contributed by atoms with van der Waals surface area (Å²) in [5.41, 5.74) is 1.55. The molecule has 0 aliphatic rings. The minimum absolute atomic E-state index is 0.0260. The average molecular weight is 275 g/mol. The van der Waals surface area contributed by atoms with Crippen LogP contribution in [0.5, 0.6) is 0 Å². The zero-order valence-corrected chi connectivity index (χ0v) is 11.4. The molecular formula is C14H17N3O3. The van der Waals surface area contributed by atoms with Gasteiger partial charge in [-0.1, -0.05) is 35.5 Å². The normalized spacial score (nSPS) is 10.7. The quantitative estimate of drug-likeness (QED) is 0.537. The summed E-state index contributed by atoms with van der Waals surface area (Å²) in [6, 6.07) is 9.91. The fourth-order valence-electron chi connectivity index (χ4n) is 1.76. The molecule has 0 saturated heterocycles. The van der Waals surface area contributed by atoms with Crippen LogP contribution in [-0.4, -0.2) is 41.1 Å². The second-order valence-electron chi connectivity index (χ2n) is 4.24. The van der Waals surface area contributed by atoms with Crippen molar-refractivity contribution in [2.75, 3.05) is 20.3 Å². The first-order chi connectivity index (χ1) is 9.81. The van der Waals surface area contributed by atoms with E-state index in [2.05, 4.69) is 10.3 Å². The lowest BCUT2D eigenvalue weighted by molar-refractivity contribution is 0.0825. The molecule has 2 rings (SSSR count). The van der Waals surface area contributed by atoms with Crippen LogP contribution in [0.15, 0.2) is 36.5 Å². The van der Waals surface area contributed by atoms with E-state index >= 15 is 0 Å². The van der Waals surface area contributed by atoms with Crippen LogP contribution in [-0.2, 0) is 22.6 Å². The summed E-state index contributed by atoms with van der Waals surface area (Å²) in [6.45, 7) is 1.51. The topological polar surface area (TPSA) is 66.2 Å². The van der Waals surface area contributed by atoms with Crippen LogP contribution in [0.25, 0.3) is 0 Å². The molecule has 0 spiro atoms. The summed E-state index contributed by atoms with van der Waals surface area (Å²) in [5.74, 6) is -0.138. The molecule has 106 valence electrons. The van der Waals surface area contributed by atoms with E-state index in [1.54, 1.807) is 0 Å². The third-order valence-corrected chi connectivity index (χ3v) is 2.74. The second-order valence-corrected chi connectivity index (χ2v) is 4.24. The number of nitrogens with zero attached hydrogens (tertiary/aromatic N) is 3. The average Bonchev–Trinajstić information content (AvgIpc) is 2.93. The molecule has 0 atom stereocenters. The SMILES string of the molecule is COCC(=O)c1cnnn1CCOCc1ccccc1. The number of Topliss-reactive ketones (excluding diaryl/α,β-unsaturated/α-hetero) is 1. The van der Waals surface area contributed by atoms with Crippen molar-refractivity contribution in [3.63, 3.8) is 0 Å². The van der Waals surface area contributed by atoms with Gasteiger partial charge in [-0.15, -0.1) is 5.10 Å². The molecule has 0 unspecified atom stereocenters. The first-order valence-electron chi connectivity index (χ1n) is 6.33. The van der Waals surface area contributed by atoms with Crippen molar-refractivity contribution in [1.29, 1.82) is 0 Å². The van der Waals surface area contributed by atoms with Crippen LogP contribution in [0.2, 0.25) is 0 Å². The number of hydrogen-bond acceptors (Lipinski definition) is 5. The van der Waals surface area contributed by atoms with Crippen molar-refractivity contribution in [3.05, 3.63) is 47.8 Å². The molecule has 1 aromatic carbocycles. The Morgan fingerprint density at radius 2 is 2.10 bits per heavy atom. The van der Waals surface area contributed by atoms with E-state index in [4.69, 9.17) is 9.47 Å². The third kappa shape index (κ3) is 3.97. The van der Waals surface area contributed by atoms with Crippen LogP contribution < -0.4 is 0 Å². The van der Waals surface area contributed by atoms with Gasteiger partial charge < -0.3 is 9.47 Å². The highest BCUT2D eigenvalue weighted by molar-refractivity contribution is 5.95. The first-order valence-corrected chi connectivity index (χ1v) is 6.33. The van der Waals surface area contributed by atoms with Crippen LogP contribution in [0.4, 0.5) is 0 Å². The Balaban J connectivity index is 1.80. The molecule has 6 nitrogen and oxygen atoms in total. The van der Waals surface area contributed by atoms with Crippen molar-refractivity contribution in [1.82, 2.24) is 15.0 Å². The predicted molar refractivity (Wildman–Crippen MR) is 72.3 cm³/mol. The van der Waals surface area contributed by atoms with Crippen molar-refractivity contribution in [2.45, 2.75) is 13.2 Å². The van der Waals surface area contributed by atoms with Gasteiger partial charge >= 0.3 is 0 Å². The van der Waals surface area contributed by atoms with Crippen molar-refractivity contribution >= 4 is 5.78 Å². The minimum atomic E-state index is -0.138. The number of benzene rings is 1. The molecule has 0 bridgehead atoms. The van der Waals surface area contributed by atoms with Gasteiger partial charge in [-0.3, -0.25) is 4.79 Å². The van der Waals surface area contributed by atoms with E-state index < -0.39 is 0 Å². The summed E-state index contributed by atoms with van der Waals surface area (Å²) in [5, 5.41) is 7.62. The summed E-state index contributed by atoms with van der Waals surface area (Å²) in [4.78, 5) is 11.7. The van der Waals surface area contributed by atoms with E-state index in [0.29, 0.717) is 25.5 Å². The number of rotatable bonds is 8. The van der Waals surface area contributed by atoms with Crippen LogP contribution in [0, 0.1) is 0 Å². The molecule has 0 saturated carbocycles. The standard InChI is InChI=1S/C14H17N3O3/c1-19-11-14(18)13-9-15-16-17(13)7-8-20-10-12-5-3-2-4-6-12/h2-6,9H,7-8,10-11H2,1H3. The third-order valence-electron chi connectivity index (χ3n) is 2.74. The Morgan fingerprint density at radius 1 is 1.30 bits per heavy atom. The van der Waals surface area contributed by atoms with E-state index in [0.717, 1.165) is 5.56 Å². The highest BCUT2D eigenvalue weighted by Crippen LogP contribution is 2.02. The van der Waals surface area contributed by atoms with E-state index in [1.807, 2.05) is 30.3 Å². The van der Waals surface area contributed by atoms with E-state index in [9.17, 15) is 4.79 Å². The van der Waals surface area contributed by atoms with Crippen LogP contribution in [0.3, 0.4) is 0 Å². The fraction of sp³-hybridized carbons (Fsp3) is 0.357. The molecule has 2 aromatic rings. The summed E-state index contributed by atoms with van der Waals surface area (Å²) in [7, 11) is 1.48. The van der Waals surface area contributed by atoms with Crippen LogP contribution >= 0.6 is 0 Å². The van der Waals surface area contributed by atoms with Gasteiger partial charge in [0.25, 0.3) is 0 Å². The number of ketones is 1. The molecule has 1 aromatic heterocycles. The van der Waals surface area contributed by atoms with Gasteiger partial charge in [0.1, 0.15) is 12.3 Å². The fourth-order valence-corrected chi connectivity index (χ4v) is 1.76. The van der Waals surface area contributed by atoms with Gasteiger partial charge in [-0.2, -0.15) is 0 Å². The Kier molecular flexibility index (Phi) is 5.40. The molecule has 20 heavy (non-hydrogen) atoms. The van der Waals surface area contributed by atoms with E-state index in [-0.39, 0.29) is 12.4 Å². The van der Waals surface area contributed by atoms with Gasteiger partial charge in [0.15, 0.2) is 0 Å². The zero-order chi connectivity index (χ0) is 14.2. The number of methoxy groups -OCH3 is 1. The Hall–Kier alpha value is -2.05. The number of carbonyl (C=O) groups is 1. The lowest BCUT2D eigenvalue weighted by Crippen LogP contribution is -2.17. The van der Waals surface area contributed by atoms with E-state index in [1.165, 1.54) is 18.0 Å². The Labute approximate surface area is 117 Å². The molecular weight excluding hydrogens is 258 g/mol. The number of aromatic nitrogens is 3. The maximum Gasteiger partial charge on any atom is 0.208 e. The van der Waals surface area contributed by atoms with Gasteiger partial charge in [0.05, 0.1) is 26.0 Å². The molecule has 0 amide bonds. The molecule has 0 N–H and O–H groups in total. The van der Waals surface area contributed by atoms with Gasteiger partial charge in [-0.05, 0) is 5.56 Å². The lowest BCUT2D eigenvalue weighted by Gasteiger charge is -2.06.